The molecule has 1 fully saturated rings. The molecule has 1 aliphatic carbocycles. The molecule has 0 atom stereocenters. The first-order chi connectivity index (χ1) is 13.2. The van der Waals surface area contributed by atoms with E-state index in [9.17, 15) is 13.2 Å². The summed E-state index contributed by atoms with van der Waals surface area (Å²) >= 11 is 0. The molecule has 1 saturated carbocycles. The van der Waals surface area contributed by atoms with Crippen LogP contribution in [0.25, 0.3) is 11.1 Å². The van der Waals surface area contributed by atoms with Crippen LogP contribution in [0.2, 0.25) is 0 Å². The summed E-state index contributed by atoms with van der Waals surface area (Å²) < 4.78 is 25.6. The molecule has 28 heavy (non-hydrogen) atoms. The van der Waals surface area contributed by atoms with Crippen LogP contribution in [0, 0.1) is 6.92 Å². The molecular formula is C21H25N3O3S. The molecule has 2 aromatic carbocycles. The molecule has 6 nitrogen and oxygen atoms in total. The Morgan fingerprint density at radius 3 is 2.54 bits per heavy atom. The van der Waals surface area contributed by atoms with E-state index < -0.39 is 10.0 Å². The Labute approximate surface area is 166 Å². The number of carbonyl (C=O) groups excluding carboxylic acids is 1. The predicted octanol–water partition coefficient (Wildman–Crippen LogP) is 3.39. The number of anilines is 1. The fourth-order valence-electron chi connectivity index (χ4n) is 4.01. The molecule has 2 aliphatic rings. The molecule has 0 bridgehead atoms. The fourth-order valence-corrected chi connectivity index (χ4v) is 4.56. The van der Waals surface area contributed by atoms with Gasteiger partial charge in [0.05, 0.1) is 12.8 Å². The Morgan fingerprint density at radius 1 is 1.14 bits per heavy atom. The maximum atomic E-state index is 13.0. The maximum absolute atomic E-state index is 13.0. The summed E-state index contributed by atoms with van der Waals surface area (Å²) in [7, 11) is -1.33. The molecule has 148 valence electrons. The van der Waals surface area contributed by atoms with Gasteiger partial charge in [-0.05, 0) is 60.2 Å². The molecule has 1 amide bonds. The second kappa shape index (κ2) is 6.90. The van der Waals surface area contributed by atoms with Gasteiger partial charge < -0.3 is 0 Å². The summed E-state index contributed by atoms with van der Waals surface area (Å²) in [4.78, 5) is 13.0. The first kappa shape index (κ1) is 19.0. The highest BCUT2D eigenvalue weighted by atomic mass is 32.2. The molecule has 1 heterocycles. The van der Waals surface area contributed by atoms with Crippen LogP contribution < -0.4 is 4.72 Å². The largest absolute Gasteiger partial charge is 0.284 e. The lowest BCUT2D eigenvalue weighted by atomic mass is 9.93. The van der Waals surface area contributed by atoms with E-state index in [1.54, 1.807) is 6.07 Å². The van der Waals surface area contributed by atoms with Gasteiger partial charge in [-0.2, -0.15) is 0 Å². The zero-order valence-electron chi connectivity index (χ0n) is 16.4. The van der Waals surface area contributed by atoms with Crippen LogP contribution in [0.3, 0.4) is 0 Å². The van der Waals surface area contributed by atoms with Crippen LogP contribution in [-0.4, -0.2) is 43.7 Å². The molecule has 2 aromatic rings. The lowest BCUT2D eigenvalue weighted by Gasteiger charge is -2.39. The Morgan fingerprint density at radius 2 is 1.89 bits per heavy atom. The van der Waals surface area contributed by atoms with Crippen molar-refractivity contribution in [2.24, 2.45) is 0 Å². The van der Waals surface area contributed by atoms with Crippen LogP contribution in [-0.2, 0) is 16.6 Å². The van der Waals surface area contributed by atoms with Crippen LogP contribution in [0.1, 0.15) is 40.7 Å². The quantitative estimate of drug-likeness (QED) is 0.837. The zero-order chi connectivity index (χ0) is 20.1. The van der Waals surface area contributed by atoms with Gasteiger partial charge >= 0.3 is 0 Å². The third kappa shape index (κ3) is 3.52. The Hall–Kier alpha value is -2.38. The number of hydrazine groups is 1. The average molecular weight is 400 g/mol. The summed E-state index contributed by atoms with van der Waals surface area (Å²) in [6.45, 7) is 2.54. The van der Waals surface area contributed by atoms with Crippen molar-refractivity contribution in [3.8, 4) is 11.1 Å². The van der Waals surface area contributed by atoms with Gasteiger partial charge in [-0.3, -0.25) is 14.5 Å². The number of hydrogen-bond donors (Lipinski definition) is 1. The molecule has 0 unspecified atom stereocenters. The van der Waals surface area contributed by atoms with Crippen molar-refractivity contribution in [3.63, 3.8) is 0 Å². The number of nitrogens with one attached hydrogen (secondary N) is 1. The Balaban J connectivity index is 1.66. The van der Waals surface area contributed by atoms with Crippen molar-refractivity contribution >= 4 is 21.6 Å². The van der Waals surface area contributed by atoms with Gasteiger partial charge in [0.15, 0.2) is 0 Å². The van der Waals surface area contributed by atoms with Gasteiger partial charge in [-0.25, -0.2) is 13.4 Å². The van der Waals surface area contributed by atoms with Crippen molar-refractivity contribution in [1.82, 2.24) is 10.0 Å². The van der Waals surface area contributed by atoms with Crippen molar-refractivity contribution in [2.75, 3.05) is 18.0 Å². The molecular weight excluding hydrogens is 374 g/mol. The topological polar surface area (TPSA) is 69.7 Å². The number of rotatable bonds is 5. The van der Waals surface area contributed by atoms with Crippen LogP contribution in [0.15, 0.2) is 36.4 Å². The fraction of sp³-hybridized carbons (Fsp3) is 0.381. The summed E-state index contributed by atoms with van der Waals surface area (Å²) in [6.07, 6.45) is 4.64. The van der Waals surface area contributed by atoms with E-state index in [1.807, 2.05) is 43.2 Å². The second-order valence-electron chi connectivity index (χ2n) is 7.80. The molecule has 0 aromatic heterocycles. The van der Waals surface area contributed by atoms with E-state index in [0.717, 1.165) is 46.9 Å². The molecule has 7 heteroatoms. The van der Waals surface area contributed by atoms with Crippen molar-refractivity contribution in [2.45, 2.75) is 38.8 Å². The summed E-state index contributed by atoms with van der Waals surface area (Å²) in [6, 6.07) is 11.8. The first-order valence-electron chi connectivity index (χ1n) is 9.49. The second-order valence-corrected chi connectivity index (χ2v) is 9.55. The van der Waals surface area contributed by atoms with E-state index in [1.165, 1.54) is 6.42 Å². The monoisotopic (exact) mass is 399 g/mol. The minimum absolute atomic E-state index is 0.0703. The molecule has 4 rings (SSSR count). The minimum Gasteiger partial charge on any atom is -0.284 e. The summed E-state index contributed by atoms with van der Waals surface area (Å²) in [5.41, 5.74) is 5.18. The molecule has 1 aliphatic heterocycles. The standard InChI is InChI=1S/C21H25N3O3S/c1-14-10-16(15-6-4-7-18(12-15)22-28(3,26)27)11-17-13-24(21(25)20(14)17)23(2)19-8-5-9-19/h4,6-7,10-12,19,22H,5,8-9,13H2,1-3H3. The van der Waals surface area contributed by atoms with E-state index in [0.29, 0.717) is 18.3 Å². The predicted molar refractivity (Wildman–Crippen MR) is 110 cm³/mol. The number of fused-ring (bicyclic) bond motifs is 1. The van der Waals surface area contributed by atoms with Gasteiger partial charge in [0, 0.05) is 24.3 Å². The molecule has 0 saturated heterocycles. The highest BCUT2D eigenvalue weighted by Gasteiger charge is 2.36. The Bertz CT molecular complexity index is 1040. The highest BCUT2D eigenvalue weighted by Crippen LogP contribution is 2.35. The van der Waals surface area contributed by atoms with E-state index >= 15 is 0 Å². The number of benzene rings is 2. The third-order valence-electron chi connectivity index (χ3n) is 5.67. The number of hydrogen-bond acceptors (Lipinski definition) is 4. The van der Waals surface area contributed by atoms with Gasteiger partial charge in [-0.15, -0.1) is 0 Å². The van der Waals surface area contributed by atoms with Gasteiger partial charge in [0.1, 0.15) is 0 Å². The summed E-state index contributed by atoms with van der Waals surface area (Å²) in [5, 5.41) is 3.95. The van der Waals surface area contributed by atoms with E-state index in [4.69, 9.17) is 0 Å². The minimum atomic E-state index is -3.33. The smallest absolute Gasteiger partial charge is 0.269 e. The Kier molecular flexibility index (Phi) is 4.67. The molecule has 0 spiro atoms. The number of nitrogens with zero attached hydrogens (tertiary/aromatic N) is 2. The number of sulfonamides is 1. The van der Waals surface area contributed by atoms with Crippen molar-refractivity contribution < 1.29 is 13.2 Å². The van der Waals surface area contributed by atoms with Gasteiger partial charge in [-0.1, -0.05) is 24.6 Å². The van der Waals surface area contributed by atoms with E-state index in [2.05, 4.69) is 15.8 Å². The molecule has 0 radical (unpaired) electrons. The molecule has 1 N–H and O–H groups in total. The average Bonchev–Trinajstić information content (AvgIpc) is 2.89. The summed E-state index contributed by atoms with van der Waals surface area (Å²) in [5.74, 6) is 0.0703. The number of carbonyl (C=O) groups is 1. The lowest BCUT2D eigenvalue weighted by Crippen LogP contribution is -2.49. The number of amides is 1. The normalized spacial score (nSPS) is 17.0. The van der Waals surface area contributed by atoms with Crippen molar-refractivity contribution in [1.29, 1.82) is 0 Å². The van der Waals surface area contributed by atoms with E-state index in [-0.39, 0.29) is 5.91 Å². The van der Waals surface area contributed by atoms with Crippen LogP contribution in [0.5, 0.6) is 0 Å². The zero-order valence-corrected chi connectivity index (χ0v) is 17.2. The lowest BCUT2D eigenvalue weighted by molar-refractivity contribution is -0.0402. The van der Waals surface area contributed by atoms with Crippen LogP contribution in [0.4, 0.5) is 5.69 Å². The van der Waals surface area contributed by atoms with Crippen LogP contribution >= 0.6 is 0 Å². The first-order valence-corrected chi connectivity index (χ1v) is 11.4. The third-order valence-corrected chi connectivity index (χ3v) is 6.28. The van der Waals surface area contributed by atoms with Gasteiger partial charge in [0.2, 0.25) is 10.0 Å². The maximum Gasteiger partial charge on any atom is 0.269 e. The van der Waals surface area contributed by atoms with Gasteiger partial charge in [0.25, 0.3) is 5.91 Å². The number of aryl methyl sites for hydroxylation is 1. The highest BCUT2D eigenvalue weighted by molar-refractivity contribution is 7.92. The SMILES string of the molecule is Cc1cc(-c2cccc(NS(C)(=O)=O)c2)cc2c1C(=O)N(N(C)C1CCC1)C2. The van der Waals surface area contributed by atoms with Crippen molar-refractivity contribution in [3.05, 3.63) is 53.1 Å².